The van der Waals surface area contributed by atoms with Crippen molar-refractivity contribution in [2.24, 2.45) is 0 Å². The molecule has 3 nitrogen and oxygen atoms in total. The number of phenolic OH excluding ortho intramolecular Hbond substituents is 1. The maximum Gasteiger partial charge on any atom is 0.134 e. The SMILES string of the molecule is C=CC[C@H](c1ccc(O)c(Cl)c1)N1CCNCC1.Cl.Cl. The molecule has 1 aliphatic rings. The number of hydrogen-bond acceptors (Lipinski definition) is 3. The lowest BCUT2D eigenvalue weighted by Crippen LogP contribution is -2.45. The molecule has 0 saturated carbocycles. The van der Waals surface area contributed by atoms with Crippen LogP contribution < -0.4 is 5.32 Å². The van der Waals surface area contributed by atoms with Crippen LogP contribution in [0.2, 0.25) is 5.02 Å². The van der Waals surface area contributed by atoms with Crippen LogP contribution in [0.3, 0.4) is 0 Å². The first kappa shape index (κ1) is 19.6. The monoisotopic (exact) mass is 338 g/mol. The molecule has 0 amide bonds. The Labute approximate surface area is 137 Å². The smallest absolute Gasteiger partial charge is 0.134 e. The van der Waals surface area contributed by atoms with E-state index in [0.717, 1.165) is 38.2 Å². The molecule has 2 N–H and O–H groups in total. The number of halogens is 3. The Kier molecular flexibility index (Phi) is 9.27. The highest BCUT2D eigenvalue weighted by molar-refractivity contribution is 6.32. The maximum absolute atomic E-state index is 9.49. The molecule has 1 aromatic rings. The Morgan fingerprint density at radius 2 is 2.00 bits per heavy atom. The Morgan fingerprint density at radius 1 is 1.35 bits per heavy atom. The lowest BCUT2D eigenvalue weighted by Gasteiger charge is -2.34. The van der Waals surface area contributed by atoms with Gasteiger partial charge in [-0.1, -0.05) is 23.7 Å². The van der Waals surface area contributed by atoms with Gasteiger partial charge in [-0.05, 0) is 24.1 Å². The molecule has 1 saturated heterocycles. The van der Waals surface area contributed by atoms with E-state index in [4.69, 9.17) is 11.6 Å². The van der Waals surface area contributed by atoms with Gasteiger partial charge in [-0.3, -0.25) is 4.90 Å². The molecule has 0 aromatic heterocycles. The summed E-state index contributed by atoms with van der Waals surface area (Å²) in [5, 5.41) is 13.3. The van der Waals surface area contributed by atoms with Crippen molar-refractivity contribution in [1.82, 2.24) is 10.2 Å². The van der Waals surface area contributed by atoms with E-state index >= 15 is 0 Å². The van der Waals surface area contributed by atoms with Crippen molar-refractivity contribution in [1.29, 1.82) is 0 Å². The summed E-state index contributed by atoms with van der Waals surface area (Å²) >= 11 is 5.99. The summed E-state index contributed by atoms with van der Waals surface area (Å²) in [4.78, 5) is 2.43. The number of phenols is 1. The summed E-state index contributed by atoms with van der Waals surface area (Å²) in [7, 11) is 0. The van der Waals surface area contributed by atoms with E-state index in [1.54, 1.807) is 6.07 Å². The van der Waals surface area contributed by atoms with Crippen LogP contribution in [0.4, 0.5) is 0 Å². The average Bonchev–Trinajstić information content (AvgIpc) is 2.40. The molecular formula is C14H21Cl3N2O. The van der Waals surface area contributed by atoms with Crippen molar-refractivity contribution in [3.05, 3.63) is 41.4 Å². The number of nitrogens with one attached hydrogen (secondary N) is 1. The van der Waals surface area contributed by atoms with Gasteiger partial charge in [-0.25, -0.2) is 0 Å². The lowest BCUT2D eigenvalue weighted by molar-refractivity contribution is 0.174. The number of nitrogens with zero attached hydrogens (tertiary/aromatic N) is 1. The first-order valence-electron chi connectivity index (χ1n) is 6.26. The first-order valence-corrected chi connectivity index (χ1v) is 6.64. The molecule has 0 aliphatic carbocycles. The third-order valence-corrected chi connectivity index (χ3v) is 3.64. The van der Waals surface area contributed by atoms with Crippen LogP contribution in [0.25, 0.3) is 0 Å². The van der Waals surface area contributed by atoms with Crippen LogP contribution in [0, 0.1) is 0 Å². The molecule has 114 valence electrons. The molecule has 0 radical (unpaired) electrons. The highest BCUT2D eigenvalue weighted by atomic mass is 35.5. The summed E-state index contributed by atoms with van der Waals surface area (Å²) in [5.74, 6) is 0.137. The summed E-state index contributed by atoms with van der Waals surface area (Å²) in [5.41, 5.74) is 1.14. The van der Waals surface area contributed by atoms with Crippen molar-refractivity contribution in [3.63, 3.8) is 0 Å². The van der Waals surface area contributed by atoms with E-state index in [1.165, 1.54) is 0 Å². The number of rotatable bonds is 4. The van der Waals surface area contributed by atoms with Crippen LogP contribution in [-0.4, -0.2) is 36.2 Å². The maximum atomic E-state index is 9.49. The molecule has 1 fully saturated rings. The minimum atomic E-state index is 0. The van der Waals surface area contributed by atoms with Gasteiger partial charge in [0.15, 0.2) is 0 Å². The van der Waals surface area contributed by atoms with E-state index in [9.17, 15) is 5.11 Å². The summed E-state index contributed by atoms with van der Waals surface area (Å²) in [6.45, 7) is 7.91. The number of piperazine rings is 1. The molecule has 1 aromatic carbocycles. The minimum Gasteiger partial charge on any atom is -0.506 e. The molecule has 0 bridgehead atoms. The van der Waals surface area contributed by atoms with Crippen LogP contribution in [0.1, 0.15) is 18.0 Å². The minimum absolute atomic E-state index is 0. The van der Waals surface area contributed by atoms with Crippen LogP contribution in [0.15, 0.2) is 30.9 Å². The summed E-state index contributed by atoms with van der Waals surface area (Å²) in [6.07, 6.45) is 2.83. The third kappa shape index (κ3) is 4.83. The summed E-state index contributed by atoms with van der Waals surface area (Å²) < 4.78 is 0. The second-order valence-electron chi connectivity index (χ2n) is 4.54. The highest BCUT2D eigenvalue weighted by Crippen LogP contribution is 2.31. The van der Waals surface area contributed by atoms with Crippen molar-refractivity contribution in [2.45, 2.75) is 12.5 Å². The van der Waals surface area contributed by atoms with Crippen molar-refractivity contribution >= 4 is 36.4 Å². The van der Waals surface area contributed by atoms with Gasteiger partial charge in [-0.2, -0.15) is 0 Å². The lowest BCUT2D eigenvalue weighted by atomic mass is 10.0. The second kappa shape index (κ2) is 9.48. The molecule has 0 spiro atoms. The van der Waals surface area contributed by atoms with Gasteiger partial charge in [0.25, 0.3) is 0 Å². The van der Waals surface area contributed by atoms with Crippen molar-refractivity contribution in [2.75, 3.05) is 26.2 Å². The quantitative estimate of drug-likeness (QED) is 0.825. The Bertz CT molecular complexity index is 423. The number of hydrogen-bond donors (Lipinski definition) is 2. The van der Waals surface area contributed by atoms with E-state index in [2.05, 4.69) is 16.8 Å². The van der Waals surface area contributed by atoms with Gasteiger partial charge in [0.2, 0.25) is 0 Å². The van der Waals surface area contributed by atoms with Gasteiger partial charge in [0, 0.05) is 32.2 Å². The van der Waals surface area contributed by atoms with E-state index in [0.29, 0.717) is 11.1 Å². The zero-order chi connectivity index (χ0) is 13.0. The molecule has 1 aliphatic heterocycles. The number of aromatic hydroxyl groups is 1. The zero-order valence-corrected chi connectivity index (χ0v) is 13.6. The predicted molar refractivity (Wildman–Crippen MR) is 89.6 cm³/mol. The molecular weight excluding hydrogens is 319 g/mol. The molecule has 6 heteroatoms. The van der Waals surface area contributed by atoms with Gasteiger partial charge in [0.1, 0.15) is 5.75 Å². The first-order chi connectivity index (χ1) is 8.72. The van der Waals surface area contributed by atoms with Gasteiger partial charge in [-0.15, -0.1) is 31.4 Å². The van der Waals surface area contributed by atoms with Gasteiger partial charge < -0.3 is 10.4 Å². The van der Waals surface area contributed by atoms with Crippen molar-refractivity contribution in [3.8, 4) is 5.75 Å². The Hall–Kier alpha value is -0.450. The highest BCUT2D eigenvalue weighted by Gasteiger charge is 2.21. The van der Waals surface area contributed by atoms with Gasteiger partial charge >= 0.3 is 0 Å². The normalized spacial score (nSPS) is 16.6. The fraction of sp³-hybridized carbons (Fsp3) is 0.429. The van der Waals surface area contributed by atoms with E-state index in [-0.39, 0.29) is 30.6 Å². The van der Waals surface area contributed by atoms with E-state index in [1.807, 2.05) is 18.2 Å². The van der Waals surface area contributed by atoms with Crippen LogP contribution in [-0.2, 0) is 0 Å². The fourth-order valence-corrected chi connectivity index (χ4v) is 2.57. The Morgan fingerprint density at radius 3 is 2.55 bits per heavy atom. The molecule has 2 rings (SSSR count). The Balaban J connectivity index is 0.00000180. The van der Waals surface area contributed by atoms with Crippen molar-refractivity contribution < 1.29 is 5.11 Å². The molecule has 20 heavy (non-hydrogen) atoms. The van der Waals surface area contributed by atoms with Crippen LogP contribution >= 0.6 is 36.4 Å². The standard InChI is InChI=1S/C14H19ClN2O.2ClH/c1-2-3-13(17-8-6-16-7-9-17)11-4-5-14(18)12(15)10-11;;/h2,4-5,10,13,16,18H,1,3,6-9H2;2*1H/t13-;;/m1../s1. The molecule has 1 atom stereocenters. The average molecular weight is 340 g/mol. The summed E-state index contributed by atoms with van der Waals surface area (Å²) in [6, 6.07) is 5.75. The second-order valence-corrected chi connectivity index (χ2v) is 4.94. The number of benzene rings is 1. The molecule has 1 heterocycles. The largest absolute Gasteiger partial charge is 0.506 e. The predicted octanol–water partition coefficient (Wildman–Crippen LogP) is 3.41. The van der Waals surface area contributed by atoms with E-state index < -0.39 is 0 Å². The topological polar surface area (TPSA) is 35.5 Å². The van der Waals surface area contributed by atoms with Crippen LogP contribution in [0.5, 0.6) is 5.75 Å². The fourth-order valence-electron chi connectivity index (χ4n) is 2.38. The third-order valence-electron chi connectivity index (χ3n) is 3.34. The zero-order valence-electron chi connectivity index (χ0n) is 11.2. The molecule has 0 unspecified atom stereocenters. The van der Waals surface area contributed by atoms with Gasteiger partial charge in [0.05, 0.1) is 5.02 Å².